The molecular weight excluding hydrogens is 414 g/mol. The van der Waals surface area contributed by atoms with Gasteiger partial charge >= 0.3 is 0 Å². The molecular formula is C25H29N7O. The zero-order valence-electron chi connectivity index (χ0n) is 19.5. The number of hydrogen-bond acceptors (Lipinski definition) is 6. The number of carbonyl (C=O) groups excluding carboxylic acids is 1. The van der Waals surface area contributed by atoms with E-state index in [2.05, 4.69) is 56.0 Å². The Kier molecular flexibility index (Phi) is 5.46. The summed E-state index contributed by atoms with van der Waals surface area (Å²) in [6.07, 6.45) is 5.75. The number of pyridine rings is 1. The van der Waals surface area contributed by atoms with Crippen LogP contribution in [0.5, 0.6) is 0 Å². The largest absolute Gasteiger partial charge is 0.371 e. The van der Waals surface area contributed by atoms with Gasteiger partial charge in [-0.05, 0) is 71.1 Å². The van der Waals surface area contributed by atoms with E-state index in [1.807, 2.05) is 24.5 Å². The SMILES string of the molecule is Cc1cnc(C)n1-c1cc(C(=O)c2nc3ccc(N4CCC(N(C)C)CC4)cc3[nH]2)ccn1. The molecule has 0 atom stereocenters. The molecule has 3 aromatic heterocycles. The Labute approximate surface area is 193 Å². The number of piperidine rings is 1. The van der Waals surface area contributed by atoms with Crippen LogP contribution in [0.2, 0.25) is 0 Å². The standard InChI is InChI=1S/C25H29N7O/c1-16-15-27-17(2)32(16)23-13-18(7-10-26-23)24(33)25-28-21-6-5-20(14-22(21)29-25)31-11-8-19(9-12-31)30(3)4/h5-7,10,13-15,19H,8-9,11-12H2,1-4H3,(H,28,29). The van der Waals surface area contributed by atoms with Crippen molar-refractivity contribution in [1.82, 2.24) is 29.4 Å². The quantitative estimate of drug-likeness (QED) is 0.475. The van der Waals surface area contributed by atoms with E-state index in [-0.39, 0.29) is 5.78 Å². The lowest BCUT2D eigenvalue weighted by Crippen LogP contribution is -2.41. The predicted molar refractivity (Wildman–Crippen MR) is 129 cm³/mol. The van der Waals surface area contributed by atoms with Gasteiger partial charge in [0.1, 0.15) is 11.6 Å². The molecule has 1 fully saturated rings. The van der Waals surface area contributed by atoms with Gasteiger partial charge in [0.25, 0.3) is 0 Å². The molecule has 0 saturated carbocycles. The van der Waals surface area contributed by atoms with Crippen LogP contribution in [0.3, 0.4) is 0 Å². The average Bonchev–Trinajstić information content (AvgIpc) is 3.40. The summed E-state index contributed by atoms with van der Waals surface area (Å²) < 4.78 is 1.93. The second-order valence-corrected chi connectivity index (χ2v) is 8.98. The molecule has 0 unspecified atom stereocenters. The Morgan fingerprint density at radius 2 is 1.88 bits per heavy atom. The fourth-order valence-electron chi connectivity index (χ4n) is 4.66. The minimum absolute atomic E-state index is 0.154. The first-order valence-electron chi connectivity index (χ1n) is 11.3. The predicted octanol–water partition coefficient (Wildman–Crippen LogP) is 3.52. The molecule has 170 valence electrons. The number of nitrogens with zero attached hydrogens (tertiary/aromatic N) is 6. The number of nitrogens with one attached hydrogen (secondary N) is 1. The molecule has 33 heavy (non-hydrogen) atoms. The first kappa shape index (κ1) is 21.3. The third kappa shape index (κ3) is 4.02. The van der Waals surface area contributed by atoms with Gasteiger partial charge in [-0.25, -0.2) is 15.0 Å². The van der Waals surface area contributed by atoms with E-state index in [1.54, 1.807) is 24.5 Å². The van der Waals surface area contributed by atoms with Gasteiger partial charge in [0.15, 0.2) is 5.82 Å². The van der Waals surface area contributed by atoms with Crippen molar-refractivity contribution < 1.29 is 4.79 Å². The summed E-state index contributed by atoms with van der Waals surface area (Å²) in [4.78, 5) is 34.5. The molecule has 1 N–H and O–H groups in total. The summed E-state index contributed by atoms with van der Waals surface area (Å²) >= 11 is 0. The Morgan fingerprint density at radius 3 is 2.58 bits per heavy atom. The maximum absolute atomic E-state index is 13.2. The van der Waals surface area contributed by atoms with Crippen LogP contribution in [-0.4, -0.2) is 68.4 Å². The van der Waals surface area contributed by atoms with Crippen LogP contribution in [0.15, 0.2) is 42.7 Å². The number of aryl methyl sites for hydroxylation is 2. The highest BCUT2D eigenvalue weighted by Gasteiger charge is 2.22. The van der Waals surface area contributed by atoms with Crippen LogP contribution in [0.4, 0.5) is 5.69 Å². The number of benzene rings is 1. The third-order valence-corrected chi connectivity index (χ3v) is 6.59. The Morgan fingerprint density at radius 1 is 1.09 bits per heavy atom. The van der Waals surface area contributed by atoms with Crippen molar-refractivity contribution in [2.75, 3.05) is 32.1 Å². The van der Waals surface area contributed by atoms with Crippen LogP contribution in [0, 0.1) is 13.8 Å². The maximum atomic E-state index is 13.2. The fraction of sp³-hybridized carbons (Fsp3) is 0.360. The number of fused-ring (bicyclic) bond motifs is 1. The van der Waals surface area contributed by atoms with Crippen LogP contribution < -0.4 is 4.90 Å². The molecule has 4 aromatic rings. The molecule has 0 bridgehead atoms. The van der Waals surface area contributed by atoms with Gasteiger partial charge in [-0.1, -0.05) is 0 Å². The van der Waals surface area contributed by atoms with Crippen molar-refractivity contribution in [3.63, 3.8) is 0 Å². The van der Waals surface area contributed by atoms with E-state index in [1.165, 1.54) is 5.69 Å². The molecule has 0 aliphatic carbocycles. The molecule has 8 nitrogen and oxygen atoms in total. The van der Waals surface area contributed by atoms with E-state index in [0.29, 0.717) is 23.2 Å². The first-order chi connectivity index (χ1) is 15.9. The zero-order valence-corrected chi connectivity index (χ0v) is 19.5. The van der Waals surface area contributed by atoms with Gasteiger partial charge in [-0.2, -0.15) is 0 Å². The Balaban J connectivity index is 1.40. The summed E-state index contributed by atoms with van der Waals surface area (Å²) in [5.41, 5.74) is 4.34. The molecule has 1 aliphatic rings. The second-order valence-electron chi connectivity index (χ2n) is 8.98. The maximum Gasteiger partial charge on any atom is 0.228 e. The van der Waals surface area contributed by atoms with E-state index in [0.717, 1.165) is 48.5 Å². The van der Waals surface area contributed by atoms with E-state index < -0.39 is 0 Å². The van der Waals surface area contributed by atoms with Crippen LogP contribution >= 0.6 is 0 Å². The molecule has 4 heterocycles. The number of carbonyl (C=O) groups is 1. The minimum Gasteiger partial charge on any atom is -0.371 e. The van der Waals surface area contributed by atoms with E-state index in [4.69, 9.17) is 0 Å². The number of ketones is 1. The van der Waals surface area contributed by atoms with Gasteiger partial charge in [0, 0.05) is 48.5 Å². The number of aromatic nitrogens is 5. The Hall–Kier alpha value is -3.52. The summed E-state index contributed by atoms with van der Waals surface area (Å²) in [7, 11) is 4.30. The number of rotatable bonds is 5. The summed E-state index contributed by atoms with van der Waals surface area (Å²) in [5.74, 6) is 1.69. The third-order valence-electron chi connectivity index (χ3n) is 6.59. The highest BCUT2D eigenvalue weighted by Crippen LogP contribution is 2.25. The van der Waals surface area contributed by atoms with Crippen molar-refractivity contribution in [1.29, 1.82) is 0 Å². The Bertz CT molecular complexity index is 1290. The van der Waals surface area contributed by atoms with Gasteiger partial charge in [-0.15, -0.1) is 0 Å². The van der Waals surface area contributed by atoms with Gasteiger partial charge in [0.05, 0.1) is 11.0 Å². The number of hydrogen-bond donors (Lipinski definition) is 1. The van der Waals surface area contributed by atoms with Crippen molar-refractivity contribution in [2.45, 2.75) is 32.7 Å². The number of imidazole rings is 2. The lowest BCUT2D eigenvalue weighted by Gasteiger charge is -2.36. The molecule has 5 rings (SSSR count). The molecule has 0 radical (unpaired) electrons. The second kappa shape index (κ2) is 8.44. The average molecular weight is 444 g/mol. The first-order valence-corrected chi connectivity index (χ1v) is 11.3. The fourth-order valence-corrected chi connectivity index (χ4v) is 4.66. The summed E-state index contributed by atoms with van der Waals surface area (Å²) in [5, 5.41) is 0. The van der Waals surface area contributed by atoms with Crippen molar-refractivity contribution in [2.24, 2.45) is 0 Å². The molecule has 1 aromatic carbocycles. The summed E-state index contributed by atoms with van der Waals surface area (Å²) in [6, 6.07) is 10.3. The van der Waals surface area contributed by atoms with Crippen molar-refractivity contribution >= 4 is 22.5 Å². The topological polar surface area (TPSA) is 82.9 Å². The normalized spacial score (nSPS) is 15.0. The number of anilines is 1. The van der Waals surface area contributed by atoms with E-state index >= 15 is 0 Å². The van der Waals surface area contributed by atoms with Gasteiger partial charge < -0.3 is 14.8 Å². The molecule has 1 saturated heterocycles. The lowest BCUT2D eigenvalue weighted by atomic mass is 10.0. The molecule has 8 heteroatoms. The van der Waals surface area contributed by atoms with Crippen molar-refractivity contribution in [3.05, 3.63) is 65.6 Å². The van der Waals surface area contributed by atoms with Crippen LogP contribution in [-0.2, 0) is 0 Å². The molecule has 0 spiro atoms. The molecule has 0 amide bonds. The van der Waals surface area contributed by atoms with Gasteiger partial charge in [0.2, 0.25) is 5.78 Å². The summed E-state index contributed by atoms with van der Waals surface area (Å²) in [6.45, 7) is 5.95. The molecule has 1 aliphatic heterocycles. The minimum atomic E-state index is -0.154. The van der Waals surface area contributed by atoms with Crippen LogP contribution in [0.1, 0.15) is 40.5 Å². The smallest absolute Gasteiger partial charge is 0.228 e. The van der Waals surface area contributed by atoms with E-state index in [9.17, 15) is 4.79 Å². The zero-order chi connectivity index (χ0) is 23.1. The highest BCUT2D eigenvalue weighted by molar-refractivity contribution is 6.08. The van der Waals surface area contributed by atoms with Gasteiger partial charge in [-0.3, -0.25) is 9.36 Å². The van der Waals surface area contributed by atoms with Crippen molar-refractivity contribution in [3.8, 4) is 5.82 Å². The number of H-pyrrole nitrogens is 1. The number of aromatic amines is 1. The van der Waals surface area contributed by atoms with Crippen LogP contribution in [0.25, 0.3) is 16.9 Å². The monoisotopic (exact) mass is 443 g/mol. The lowest BCUT2D eigenvalue weighted by molar-refractivity contribution is 0.103. The highest BCUT2D eigenvalue weighted by atomic mass is 16.1.